The van der Waals surface area contributed by atoms with E-state index in [1.807, 2.05) is 48.5 Å². The summed E-state index contributed by atoms with van der Waals surface area (Å²) in [4.78, 5) is 12.1. The number of hydrogen-bond acceptors (Lipinski definition) is 3. The zero-order valence-corrected chi connectivity index (χ0v) is 14.6. The summed E-state index contributed by atoms with van der Waals surface area (Å²) >= 11 is 3.35. The zero-order valence-electron chi connectivity index (χ0n) is 13.0. The van der Waals surface area contributed by atoms with Crippen LogP contribution in [0.3, 0.4) is 0 Å². The molecule has 0 unspecified atom stereocenters. The number of benzene rings is 2. The van der Waals surface area contributed by atoms with Gasteiger partial charge in [-0.05, 0) is 60.7 Å². The number of ether oxygens (including phenoxy) is 1. The third kappa shape index (κ3) is 3.66. The highest BCUT2D eigenvalue weighted by atomic mass is 79.9. The fourth-order valence-corrected chi connectivity index (χ4v) is 2.57. The van der Waals surface area contributed by atoms with Gasteiger partial charge >= 0.3 is 0 Å². The average Bonchev–Trinajstić information content (AvgIpc) is 3.09. The minimum absolute atomic E-state index is 0.0715. The van der Waals surface area contributed by atoms with Gasteiger partial charge < -0.3 is 9.15 Å². The molecule has 0 spiro atoms. The van der Waals surface area contributed by atoms with Crippen LogP contribution in [0.4, 0.5) is 0 Å². The first-order valence-electron chi connectivity index (χ1n) is 7.38. The topological polar surface area (TPSA) is 39.4 Å². The zero-order chi connectivity index (χ0) is 16.9. The number of carbonyl (C=O) groups excluding carboxylic acids is 1. The van der Waals surface area contributed by atoms with Crippen LogP contribution in [0.1, 0.15) is 16.1 Å². The van der Waals surface area contributed by atoms with Gasteiger partial charge in [0.05, 0.1) is 12.7 Å². The number of halogens is 1. The summed E-state index contributed by atoms with van der Waals surface area (Å²) in [7, 11) is 1.62. The van der Waals surface area contributed by atoms with E-state index in [0.717, 1.165) is 15.8 Å². The highest BCUT2D eigenvalue weighted by Gasteiger charge is 2.09. The summed E-state index contributed by atoms with van der Waals surface area (Å²) in [6.07, 6.45) is 3.18. The normalized spacial score (nSPS) is 10.9. The van der Waals surface area contributed by atoms with Gasteiger partial charge in [-0.3, -0.25) is 4.79 Å². The number of ketones is 1. The van der Waals surface area contributed by atoms with Gasteiger partial charge in [-0.25, -0.2) is 0 Å². The van der Waals surface area contributed by atoms with E-state index in [-0.39, 0.29) is 5.78 Å². The maximum atomic E-state index is 12.1. The molecule has 120 valence electrons. The third-order valence-electron chi connectivity index (χ3n) is 3.53. The second-order valence-electron chi connectivity index (χ2n) is 5.11. The lowest BCUT2D eigenvalue weighted by Crippen LogP contribution is -1.92. The van der Waals surface area contributed by atoms with E-state index in [0.29, 0.717) is 17.1 Å². The van der Waals surface area contributed by atoms with Gasteiger partial charge in [0.15, 0.2) is 5.78 Å². The fourth-order valence-electron chi connectivity index (χ4n) is 2.30. The van der Waals surface area contributed by atoms with Crippen LogP contribution in [0.15, 0.2) is 75.6 Å². The highest BCUT2D eigenvalue weighted by molar-refractivity contribution is 9.10. The number of carbonyl (C=O) groups is 1. The first-order chi connectivity index (χ1) is 11.7. The van der Waals surface area contributed by atoms with Crippen LogP contribution < -0.4 is 4.74 Å². The predicted molar refractivity (Wildman–Crippen MR) is 98.2 cm³/mol. The van der Waals surface area contributed by atoms with Crippen molar-refractivity contribution in [3.63, 3.8) is 0 Å². The molecule has 24 heavy (non-hydrogen) atoms. The molecular weight excluding hydrogens is 368 g/mol. The molecule has 0 radical (unpaired) electrons. The molecule has 0 atom stereocenters. The second kappa shape index (κ2) is 7.32. The van der Waals surface area contributed by atoms with Crippen molar-refractivity contribution in [2.24, 2.45) is 0 Å². The van der Waals surface area contributed by atoms with Crippen LogP contribution in [-0.2, 0) is 0 Å². The summed E-state index contributed by atoms with van der Waals surface area (Å²) in [6.45, 7) is 0. The summed E-state index contributed by atoms with van der Waals surface area (Å²) in [5.74, 6) is 1.98. The van der Waals surface area contributed by atoms with Gasteiger partial charge in [0.2, 0.25) is 0 Å². The van der Waals surface area contributed by atoms with Gasteiger partial charge in [0.25, 0.3) is 0 Å². The van der Waals surface area contributed by atoms with E-state index in [9.17, 15) is 4.79 Å². The van der Waals surface area contributed by atoms with E-state index in [2.05, 4.69) is 15.9 Å². The highest BCUT2D eigenvalue weighted by Crippen LogP contribution is 2.31. The molecule has 0 aliphatic rings. The van der Waals surface area contributed by atoms with Crippen molar-refractivity contribution in [2.75, 3.05) is 7.11 Å². The fraction of sp³-hybridized carbons (Fsp3) is 0.0500. The Hall–Kier alpha value is -2.59. The SMILES string of the molecule is COc1ccccc1-c1ccc(/C=C/C(=O)c2ccc(Br)cc2)o1. The first kappa shape index (κ1) is 16.3. The van der Waals surface area contributed by atoms with Crippen molar-refractivity contribution >= 4 is 27.8 Å². The number of rotatable bonds is 5. The van der Waals surface area contributed by atoms with Gasteiger partial charge in [-0.2, -0.15) is 0 Å². The van der Waals surface area contributed by atoms with Crippen molar-refractivity contribution in [3.8, 4) is 17.1 Å². The lowest BCUT2D eigenvalue weighted by molar-refractivity contribution is 0.104. The molecule has 0 amide bonds. The maximum Gasteiger partial charge on any atom is 0.185 e. The molecular formula is C20H15BrO3. The lowest BCUT2D eigenvalue weighted by Gasteiger charge is -2.04. The molecule has 1 heterocycles. The third-order valence-corrected chi connectivity index (χ3v) is 4.06. The maximum absolute atomic E-state index is 12.1. The molecule has 2 aromatic carbocycles. The standard InChI is InChI=1S/C20H15BrO3/c1-23-19-5-3-2-4-17(19)20-13-11-16(24-20)10-12-18(22)14-6-8-15(21)9-7-14/h2-13H,1H3/b12-10+. The van der Waals surface area contributed by atoms with Crippen molar-refractivity contribution in [1.82, 2.24) is 0 Å². The van der Waals surface area contributed by atoms with Gasteiger partial charge in [-0.1, -0.05) is 28.1 Å². The van der Waals surface area contributed by atoms with E-state index >= 15 is 0 Å². The Balaban J connectivity index is 1.78. The largest absolute Gasteiger partial charge is 0.496 e. The number of methoxy groups -OCH3 is 1. The quantitative estimate of drug-likeness (QED) is 0.424. The van der Waals surface area contributed by atoms with E-state index < -0.39 is 0 Å². The summed E-state index contributed by atoms with van der Waals surface area (Å²) < 4.78 is 12.1. The second-order valence-corrected chi connectivity index (χ2v) is 6.02. The molecule has 3 rings (SSSR count). The predicted octanol–water partition coefficient (Wildman–Crippen LogP) is 5.61. The number of furan rings is 1. The van der Waals surface area contributed by atoms with Crippen LogP contribution in [-0.4, -0.2) is 12.9 Å². The molecule has 0 saturated heterocycles. The molecule has 0 fully saturated rings. The molecule has 0 bridgehead atoms. The molecule has 0 aliphatic heterocycles. The Morgan fingerprint density at radius 3 is 2.54 bits per heavy atom. The minimum atomic E-state index is -0.0715. The van der Waals surface area contributed by atoms with E-state index in [1.165, 1.54) is 6.08 Å². The molecule has 0 saturated carbocycles. The van der Waals surface area contributed by atoms with Crippen LogP contribution >= 0.6 is 15.9 Å². The monoisotopic (exact) mass is 382 g/mol. The van der Waals surface area contributed by atoms with Crippen molar-refractivity contribution < 1.29 is 13.9 Å². The molecule has 3 nitrogen and oxygen atoms in total. The minimum Gasteiger partial charge on any atom is -0.496 e. The van der Waals surface area contributed by atoms with E-state index in [1.54, 1.807) is 25.3 Å². The number of hydrogen-bond donors (Lipinski definition) is 0. The van der Waals surface area contributed by atoms with Gasteiger partial charge in [0.1, 0.15) is 17.3 Å². The Bertz CT molecular complexity index is 876. The Kier molecular flexibility index (Phi) is 4.96. The number of allylic oxidation sites excluding steroid dienone is 1. The summed E-state index contributed by atoms with van der Waals surface area (Å²) in [5, 5.41) is 0. The first-order valence-corrected chi connectivity index (χ1v) is 8.18. The number of para-hydroxylation sites is 1. The van der Waals surface area contributed by atoms with Gasteiger partial charge in [0, 0.05) is 10.0 Å². The molecule has 1 aromatic heterocycles. The summed E-state index contributed by atoms with van der Waals surface area (Å²) in [6, 6.07) is 18.6. The van der Waals surface area contributed by atoms with E-state index in [4.69, 9.17) is 9.15 Å². The average molecular weight is 383 g/mol. The Labute approximate surface area is 148 Å². The lowest BCUT2D eigenvalue weighted by atomic mass is 10.1. The smallest absolute Gasteiger partial charge is 0.185 e. The van der Waals surface area contributed by atoms with Crippen molar-refractivity contribution in [3.05, 3.63) is 82.5 Å². The molecule has 3 aromatic rings. The van der Waals surface area contributed by atoms with Crippen LogP contribution in [0.5, 0.6) is 5.75 Å². The summed E-state index contributed by atoms with van der Waals surface area (Å²) in [5.41, 5.74) is 1.50. The van der Waals surface area contributed by atoms with Gasteiger partial charge in [-0.15, -0.1) is 0 Å². The van der Waals surface area contributed by atoms with Crippen molar-refractivity contribution in [2.45, 2.75) is 0 Å². The molecule has 4 heteroatoms. The molecule has 0 N–H and O–H groups in total. The van der Waals surface area contributed by atoms with Crippen molar-refractivity contribution in [1.29, 1.82) is 0 Å². The van der Waals surface area contributed by atoms with Crippen LogP contribution in [0, 0.1) is 0 Å². The Morgan fingerprint density at radius 1 is 1.04 bits per heavy atom. The molecule has 0 aliphatic carbocycles. The Morgan fingerprint density at radius 2 is 1.79 bits per heavy atom. The van der Waals surface area contributed by atoms with Crippen LogP contribution in [0.25, 0.3) is 17.4 Å². The van der Waals surface area contributed by atoms with Crippen LogP contribution in [0.2, 0.25) is 0 Å².